The third-order valence-corrected chi connectivity index (χ3v) is 4.32. The first-order valence-corrected chi connectivity index (χ1v) is 8.13. The lowest BCUT2D eigenvalue weighted by Gasteiger charge is -2.32. The lowest BCUT2D eigenvalue weighted by molar-refractivity contribution is 0.0585. The Morgan fingerprint density at radius 1 is 1.26 bits per heavy atom. The number of piperidine rings is 1. The molecule has 3 rings (SSSR count). The predicted molar refractivity (Wildman–Crippen MR) is 89.0 cm³/mol. The number of hydrogen-bond acceptors (Lipinski definition) is 3. The van der Waals surface area contributed by atoms with E-state index in [1.165, 1.54) is 0 Å². The van der Waals surface area contributed by atoms with Crippen LogP contribution in [-0.2, 0) is 7.05 Å². The molecule has 1 aromatic heterocycles. The van der Waals surface area contributed by atoms with Gasteiger partial charge in [-0.25, -0.2) is 0 Å². The lowest BCUT2D eigenvalue weighted by atomic mass is 10.1. The van der Waals surface area contributed by atoms with Gasteiger partial charge in [0.15, 0.2) is 0 Å². The van der Waals surface area contributed by atoms with Crippen molar-refractivity contribution < 1.29 is 9.53 Å². The minimum Gasteiger partial charge on any atom is -0.490 e. The third-order valence-electron chi connectivity index (χ3n) is 4.07. The molecule has 0 aliphatic carbocycles. The molecule has 0 N–H and O–H groups in total. The van der Waals surface area contributed by atoms with Gasteiger partial charge in [-0.3, -0.25) is 9.48 Å². The Kier molecular flexibility index (Phi) is 4.57. The smallest absolute Gasteiger partial charge is 0.272 e. The highest BCUT2D eigenvalue weighted by atomic mass is 35.5. The van der Waals surface area contributed by atoms with Crippen LogP contribution >= 0.6 is 11.6 Å². The second-order valence-electron chi connectivity index (χ2n) is 5.86. The van der Waals surface area contributed by atoms with Crippen molar-refractivity contribution in [1.82, 2.24) is 14.7 Å². The zero-order chi connectivity index (χ0) is 16.4. The van der Waals surface area contributed by atoms with Crippen LogP contribution in [0.2, 0.25) is 5.02 Å². The molecule has 5 nitrogen and oxygen atoms in total. The number of aromatic nitrogens is 2. The number of carbonyl (C=O) groups excluding carboxylic acids is 1. The summed E-state index contributed by atoms with van der Waals surface area (Å²) in [6, 6.07) is 9.22. The number of halogens is 1. The van der Waals surface area contributed by atoms with Crippen molar-refractivity contribution in [2.75, 3.05) is 13.1 Å². The number of benzene rings is 1. The van der Waals surface area contributed by atoms with Crippen molar-refractivity contribution in [3.8, 4) is 5.75 Å². The topological polar surface area (TPSA) is 47.4 Å². The third kappa shape index (κ3) is 3.67. The van der Waals surface area contributed by atoms with E-state index in [9.17, 15) is 4.79 Å². The first kappa shape index (κ1) is 15.9. The molecular weight excluding hydrogens is 314 g/mol. The number of nitrogens with zero attached hydrogens (tertiary/aromatic N) is 3. The number of amides is 1. The summed E-state index contributed by atoms with van der Waals surface area (Å²) in [4.78, 5) is 14.4. The van der Waals surface area contributed by atoms with E-state index in [4.69, 9.17) is 16.3 Å². The summed E-state index contributed by atoms with van der Waals surface area (Å²) >= 11 is 5.87. The quantitative estimate of drug-likeness (QED) is 0.867. The Balaban J connectivity index is 1.57. The molecule has 0 atom stereocenters. The van der Waals surface area contributed by atoms with E-state index >= 15 is 0 Å². The Morgan fingerprint density at radius 3 is 2.48 bits per heavy atom. The van der Waals surface area contributed by atoms with E-state index in [-0.39, 0.29) is 12.0 Å². The fourth-order valence-electron chi connectivity index (χ4n) is 2.86. The van der Waals surface area contributed by atoms with Crippen LogP contribution in [0.15, 0.2) is 30.3 Å². The summed E-state index contributed by atoms with van der Waals surface area (Å²) in [6.45, 7) is 3.28. The molecule has 0 saturated carbocycles. The van der Waals surface area contributed by atoms with Crippen molar-refractivity contribution in [3.05, 3.63) is 46.7 Å². The van der Waals surface area contributed by atoms with Crippen molar-refractivity contribution in [1.29, 1.82) is 0 Å². The highest BCUT2D eigenvalue weighted by molar-refractivity contribution is 6.30. The van der Waals surface area contributed by atoms with Crippen LogP contribution < -0.4 is 4.74 Å². The maximum absolute atomic E-state index is 12.5. The van der Waals surface area contributed by atoms with Gasteiger partial charge in [0.2, 0.25) is 0 Å². The van der Waals surface area contributed by atoms with Gasteiger partial charge in [-0.2, -0.15) is 5.10 Å². The fourth-order valence-corrected chi connectivity index (χ4v) is 2.98. The summed E-state index contributed by atoms with van der Waals surface area (Å²) in [5.41, 5.74) is 1.50. The van der Waals surface area contributed by atoms with Gasteiger partial charge in [-0.1, -0.05) is 11.6 Å². The Bertz CT molecular complexity index is 688. The molecular formula is C17H20ClN3O2. The van der Waals surface area contributed by atoms with Gasteiger partial charge in [0.25, 0.3) is 5.91 Å². The summed E-state index contributed by atoms with van der Waals surface area (Å²) in [5.74, 6) is 0.861. The zero-order valence-corrected chi connectivity index (χ0v) is 14.1. The molecule has 23 heavy (non-hydrogen) atoms. The molecule has 0 unspecified atom stereocenters. The van der Waals surface area contributed by atoms with Crippen LogP contribution in [0.5, 0.6) is 5.75 Å². The lowest BCUT2D eigenvalue weighted by Crippen LogP contribution is -2.42. The average molecular weight is 334 g/mol. The molecule has 122 valence electrons. The molecule has 2 heterocycles. The van der Waals surface area contributed by atoms with E-state index in [0.717, 1.165) is 24.3 Å². The van der Waals surface area contributed by atoms with Crippen molar-refractivity contribution in [2.24, 2.45) is 7.05 Å². The van der Waals surface area contributed by atoms with Crippen LogP contribution in [0.1, 0.15) is 29.0 Å². The standard InChI is InChI=1S/C17H20ClN3O2/c1-12-11-16(20(2)19-12)17(22)21-9-7-15(8-10-21)23-14-5-3-13(18)4-6-14/h3-6,11,15H,7-10H2,1-2H3. The number of hydrogen-bond donors (Lipinski definition) is 0. The normalized spacial score (nSPS) is 15.7. The van der Waals surface area contributed by atoms with Gasteiger partial charge >= 0.3 is 0 Å². The van der Waals surface area contributed by atoms with Crippen molar-refractivity contribution >= 4 is 17.5 Å². The molecule has 1 aliphatic rings. The summed E-state index contributed by atoms with van der Waals surface area (Å²) in [5, 5.41) is 4.94. The summed E-state index contributed by atoms with van der Waals surface area (Å²) in [6.07, 6.45) is 1.78. The molecule has 0 radical (unpaired) electrons. The van der Waals surface area contributed by atoms with Crippen molar-refractivity contribution in [2.45, 2.75) is 25.9 Å². The number of rotatable bonds is 3. The van der Waals surface area contributed by atoms with Crippen molar-refractivity contribution in [3.63, 3.8) is 0 Å². The van der Waals surface area contributed by atoms with Crippen LogP contribution in [-0.4, -0.2) is 39.8 Å². The van der Waals surface area contributed by atoms with E-state index in [1.54, 1.807) is 11.7 Å². The first-order chi connectivity index (χ1) is 11.0. The number of aryl methyl sites for hydroxylation is 2. The van der Waals surface area contributed by atoms with Crippen LogP contribution in [0.4, 0.5) is 0 Å². The van der Waals surface area contributed by atoms with E-state index < -0.39 is 0 Å². The summed E-state index contributed by atoms with van der Waals surface area (Å²) in [7, 11) is 1.80. The van der Waals surface area contributed by atoms with E-state index in [1.807, 2.05) is 42.2 Å². The molecule has 2 aromatic rings. The molecule has 1 amide bonds. The second-order valence-corrected chi connectivity index (χ2v) is 6.29. The van der Waals surface area contributed by atoms with E-state index in [2.05, 4.69) is 5.10 Å². The highest BCUT2D eigenvalue weighted by Crippen LogP contribution is 2.22. The van der Waals surface area contributed by atoms with Gasteiger partial charge in [0.05, 0.1) is 5.69 Å². The molecule has 6 heteroatoms. The fraction of sp³-hybridized carbons (Fsp3) is 0.412. The molecule has 0 bridgehead atoms. The average Bonchev–Trinajstić information content (AvgIpc) is 2.88. The minimum absolute atomic E-state index is 0.0399. The largest absolute Gasteiger partial charge is 0.490 e. The van der Waals surface area contributed by atoms with Crippen LogP contribution in [0.25, 0.3) is 0 Å². The maximum Gasteiger partial charge on any atom is 0.272 e. The van der Waals surface area contributed by atoms with Gasteiger partial charge in [-0.05, 0) is 37.3 Å². The van der Waals surface area contributed by atoms with Gasteiger partial charge in [0.1, 0.15) is 17.5 Å². The van der Waals surface area contributed by atoms with Crippen LogP contribution in [0, 0.1) is 6.92 Å². The molecule has 1 aliphatic heterocycles. The first-order valence-electron chi connectivity index (χ1n) is 7.75. The monoisotopic (exact) mass is 333 g/mol. The molecule has 1 saturated heterocycles. The maximum atomic E-state index is 12.5. The Labute approximate surface area is 140 Å². The Hall–Kier alpha value is -2.01. The van der Waals surface area contributed by atoms with E-state index in [0.29, 0.717) is 23.8 Å². The van der Waals surface area contributed by atoms with Gasteiger partial charge in [0, 0.05) is 38.0 Å². The second kappa shape index (κ2) is 6.62. The highest BCUT2D eigenvalue weighted by Gasteiger charge is 2.26. The van der Waals surface area contributed by atoms with Gasteiger partial charge < -0.3 is 9.64 Å². The van der Waals surface area contributed by atoms with Crippen LogP contribution in [0.3, 0.4) is 0 Å². The van der Waals surface area contributed by atoms with Gasteiger partial charge in [-0.15, -0.1) is 0 Å². The zero-order valence-electron chi connectivity index (χ0n) is 13.3. The predicted octanol–water partition coefficient (Wildman–Crippen LogP) is 3.07. The number of ether oxygens (including phenoxy) is 1. The molecule has 1 fully saturated rings. The summed E-state index contributed by atoms with van der Waals surface area (Å²) < 4.78 is 7.60. The SMILES string of the molecule is Cc1cc(C(=O)N2CCC(Oc3ccc(Cl)cc3)CC2)n(C)n1. The number of carbonyl (C=O) groups is 1. The molecule has 0 spiro atoms. The molecule has 1 aromatic carbocycles. The number of likely N-dealkylation sites (tertiary alicyclic amines) is 1. The minimum atomic E-state index is 0.0399. The Morgan fingerprint density at radius 2 is 1.91 bits per heavy atom.